The third-order valence-corrected chi connectivity index (χ3v) is 2.09. The van der Waals surface area contributed by atoms with Gasteiger partial charge < -0.3 is 21.7 Å². The van der Waals surface area contributed by atoms with Crippen LogP contribution in [0, 0.1) is 6.92 Å². The van der Waals surface area contributed by atoms with Crippen LogP contribution in [0.3, 0.4) is 0 Å². The van der Waals surface area contributed by atoms with Crippen molar-refractivity contribution < 1.29 is 15.0 Å². The molecule has 1 rings (SSSR count). The van der Waals surface area contributed by atoms with E-state index in [9.17, 15) is 15.0 Å². The molecule has 0 radical (unpaired) electrons. The lowest BCUT2D eigenvalue weighted by molar-refractivity contribution is -0.121. The number of aromatic amines is 1. The highest BCUT2D eigenvalue weighted by atomic mass is 16.3. The van der Waals surface area contributed by atoms with Crippen molar-refractivity contribution in [2.75, 3.05) is 5.73 Å². The van der Waals surface area contributed by atoms with Crippen molar-refractivity contribution >= 4 is 11.7 Å². The van der Waals surface area contributed by atoms with Gasteiger partial charge in [-0.3, -0.25) is 9.89 Å². The molecule has 15 heavy (non-hydrogen) atoms. The molecule has 7 nitrogen and oxygen atoms in total. The normalized spacial score (nSPS) is 14.9. The number of carbonyl (C=O) groups excluding carboxylic acids is 1. The van der Waals surface area contributed by atoms with Gasteiger partial charge >= 0.3 is 0 Å². The molecule has 2 unspecified atom stereocenters. The Labute approximate surface area is 86.1 Å². The van der Waals surface area contributed by atoms with Gasteiger partial charge in [-0.05, 0) is 6.92 Å². The number of primary amides is 1. The third-order valence-electron chi connectivity index (χ3n) is 2.09. The topological polar surface area (TPSA) is 138 Å². The Balaban J connectivity index is 2.84. The van der Waals surface area contributed by atoms with Gasteiger partial charge in [-0.2, -0.15) is 5.10 Å². The Morgan fingerprint density at radius 2 is 2.20 bits per heavy atom. The fraction of sp³-hybridized carbons (Fsp3) is 0.500. The van der Waals surface area contributed by atoms with Crippen LogP contribution in [-0.2, 0) is 4.79 Å². The number of nitrogen functional groups attached to an aromatic ring is 1. The van der Waals surface area contributed by atoms with Gasteiger partial charge in [0.05, 0.1) is 12.5 Å². The predicted octanol–water partition coefficient (Wildman–Crippen LogP) is -1.43. The van der Waals surface area contributed by atoms with Crippen LogP contribution in [0.25, 0.3) is 0 Å². The first kappa shape index (κ1) is 11.5. The molecule has 1 aromatic rings. The maximum Gasteiger partial charge on any atom is 0.220 e. The molecule has 1 heterocycles. The summed E-state index contributed by atoms with van der Waals surface area (Å²) < 4.78 is 0. The summed E-state index contributed by atoms with van der Waals surface area (Å²) in [6.45, 7) is 1.65. The summed E-state index contributed by atoms with van der Waals surface area (Å²) in [5, 5.41) is 25.4. The van der Waals surface area contributed by atoms with Gasteiger partial charge in [0.15, 0.2) is 5.82 Å². The Hall–Kier alpha value is -1.60. The molecular formula is C8H14N4O3. The SMILES string of the molecule is Cc1[nH]nc(N)c1C(O)C(O)CC(N)=O. The van der Waals surface area contributed by atoms with Gasteiger partial charge in [0.2, 0.25) is 5.91 Å². The zero-order valence-corrected chi connectivity index (χ0v) is 8.27. The first-order chi connectivity index (χ1) is 6.93. The molecule has 1 amide bonds. The average Bonchev–Trinajstić information content (AvgIpc) is 2.44. The molecule has 0 spiro atoms. The number of rotatable bonds is 4. The number of H-pyrrole nitrogens is 1. The first-order valence-corrected chi connectivity index (χ1v) is 4.38. The summed E-state index contributed by atoms with van der Waals surface area (Å²) in [6.07, 6.45) is -2.87. The number of nitrogens with two attached hydrogens (primary N) is 2. The number of amides is 1. The van der Waals surface area contributed by atoms with Crippen LogP contribution in [0.5, 0.6) is 0 Å². The Morgan fingerprint density at radius 3 is 2.60 bits per heavy atom. The van der Waals surface area contributed by atoms with Gasteiger partial charge in [0.25, 0.3) is 0 Å². The van der Waals surface area contributed by atoms with Gasteiger partial charge in [-0.25, -0.2) is 0 Å². The summed E-state index contributed by atoms with van der Waals surface area (Å²) >= 11 is 0. The minimum absolute atomic E-state index is 0.100. The van der Waals surface area contributed by atoms with Crippen molar-refractivity contribution in [3.63, 3.8) is 0 Å². The van der Waals surface area contributed by atoms with E-state index < -0.39 is 18.1 Å². The van der Waals surface area contributed by atoms with Crippen molar-refractivity contribution in [2.24, 2.45) is 5.73 Å². The largest absolute Gasteiger partial charge is 0.390 e. The number of nitrogens with zero attached hydrogens (tertiary/aromatic N) is 1. The van der Waals surface area contributed by atoms with Crippen LogP contribution >= 0.6 is 0 Å². The molecule has 7 heteroatoms. The number of carbonyl (C=O) groups is 1. The number of hydrogen-bond acceptors (Lipinski definition) is 5. The number of hydrogen-bond donors (Lipinski definition) is 5. The van der Waals surface area contributed by atoms with Crippen LogP contribution in [0.4, 0.5) is 5.82 Å². The van der Waals surface area contributed by atoms with Crippen LogP contribution < -0.4 is 11.5 Å². The Morgan fingerprint density at radius 1 is 1.60 bits per heavy atom. The lowest BCUT2D eigenvalue weighted by atomic mass is 10.0. The number of aliphatic hydroxyl groups is 2. The minimum atomic E-state index is -1.28. The average molecular weight is 214 g/mol. The monoisotopic (exact) mass is 214 g/mol. The molecule has 7 N–H and O–H groups in total. The highest BCUT2D eigenvalue weighted by Gasteiger charge is 2.25. The molecular weight excluding hydrogens is 200 g/mol. The summed E-state index contributed by atoms with van der Waals surface area (Å²) in [5.74, 6) is -0.593. The summed E-state index contributed by atoms with van der Waals surface area (Å²) in [7, 11) is 0. The molecule has 0 bridgehead atoms. The van der Waals surface area contributed by atoms with Crippen molar-refractivity contribution in [1.29, 1.82) is 0 Å². The molecule has 0 aliphatic rings. The third kappa shape index (κ3) is 2.45. The quantitative estimate of drug-likeness (QED) is 0.418. The zero-order valence-electron chi connectivity index (χ0n) is 8.27. The fourth-order valence-corrected chi connectivity index (χ4v) is 1.34. The van der Waals surface area contributed by atoms with E-state index >= 15 is 0 Å². The van der Waals surface area contributed by atoms with Crippen molar-refractivity contribution in [3.05, 3.63) is 11.3 Å². The molecule has 2 atom stereocenters. The first-order valence-electron chi connectivity index (χ1n) is 4.38. The molecule has 0 saturated heterocycles. The Bertz CT molecular complexity index is 343. The highest BCUT2D eigenvalue weighted by Crippen LogP contribution is 2.25. The van der Waals surface area contributed by atoms with Crippen LogP contribution in [-0.4, -0.2) is 32.4 Å². The van der Waals surface area contributed by atoms with E-state index in [2.05, 4.69) is 10.2 Å². The second-order valence-electron chi connectivity index (χ2n) is 3.33. The van der Waals surface area contributed by atoms with Crippen LogP contribution in [0.2, 0.25) is 0 Å². The fourth-order valence-electron chi connectivity index (χ4n) is 1.34. The van der Waals surface area contributed by atoms with Gasteiger partial charge in [0, 0.05) is 11.3 Å². The minimum Gasteiger partial charge on any atom is -0.390 e. The van der Waals surface area contributed by atoms with Crippen molar-refractivity contribution in [1.82, 2.24) is 10.2 Å². The zero-order chi connectivity index (χ0) is 11.6. The summed E-state index contributed by atoms with van der Waals surface area (Å²) in [4.78, 5) is 10.6. The van der Waals surface area contributed by atoms with Gasteiger partial charge in [-0.1, -0.05) is 0 Å². The number of aromatic nitrogens is 2. The number of aryl methyl sites for hydroxylation is 1. The molecule has 0 aromatic carbocycles. The van der Waals surface area contributed by atoms with E-state index in [0.717, 1.165) is 0 Å². The van der Waals surface area contributed by atoms with E-state index in [-0.39, 0.29) is 12.2 Å². The van der Waals surface area contributed by atoms with E-state index in [1.807, 2.05) is 0 Å². The van der Waals surface area contributed by atoms with E-state index in [0.29, 0.717) is 11.3 Å². The molecule has 84 valence electrons. The second kappa shape index (κ2) is 4.28. The maximum atomic E-state index is 10.6. The number of anilines is 1. The molecule has 0 aliphatic heterocycles. The molecule has 0 saturated carbocycles. The van der Waals surface area contributed by atoms with Gasteiger partial charge in [-0.15, -0.1) is 0 Å². The summed E-state index contributed by atoms with van der Waals surface area (Å²) in [5.41, 5.74) is 11.2. The lowest BCUT2D eigenvalue weighted by Crippen LogP contribution is -2.26. The van der Waals surface area contributed by atoms with Crippen LogP contribution in [0.1, 0.15) is 23.8 Å². The lowest BCUT2D eigenvalue weighted by Gasteiger charge is -2.16. The smallest absolute Gasteiger partial charge is 0.220 e. The molecule has 1 aromatic heterocycles. The molecule has 0 aliphatic carbocycles. The molecule has 0 fully saturated rings. The predicted molar refractivity (Wildman–Crippen MR) is 52.5 cm³/mol. The van der Waals surface area contributed by atoms with Crippen LogP contribution in [0.15, 0.2) is 0 Å². The Kier molecular flexibility index (Phi) is 3.28. The van der Waals surface area contributed by atoms with E-state index in [1.165, 1.54) is 0 Å². The van der Waals surface area contributed by atoms with E-state index in [1.54, 1.807) is 6.92 Å². The number of nitrogens with one attached hydrogen (secondary N) is 1. The number of aliphatic hydroxyl groups excluding tert-OH is 2. The maximum absolute atomic E-state index is 10.6. The summed E-state index contributed by atoms with van der Waals surface area (Å²) in [6, 6.07) is 0. The highest BCUT2D eigenvalue weighted by molar-refractivity contribution is 5.74. The van der Waals surface area contributed by atoms with Gasteiger partial charge in [0.1, 0.15) is 6.10 Å². The van der Waals surface area contributed by atoms with E-state index in [4.69, 9.17) is 11.5 Å². The second-order valence-corrected chi connectivity index (χ2v) is 3.33. The van der Waals surface area contributed by atoms with Crippen molar-refractivity contribution in [2.45, 2.75) is 25.6 Å². The standard InChI is InChI=1S/C8H14N4O3/c1-3-6(8(10)12-11-3)7(15)4(13)2-5(9)14/h4,7,13,15H,2H2,1H3,(H2,9,14)(H3,10,11,12). The van der Waals surface area contributed by atoms with Crippen molar-refractivity contribution in [3.8, 4) is 0 Å².